The van der Waals surface area contributed by atoms with Crippen molar-refractivity contribution in [1.29, 1.82) is 0 Å². The molecule has 0 saturated carbocycles. The third-order valence-electron chi connectivity index (χ3n) is 6.36. The number of ether oxygens (including phenoxy) is 2. The Balaban J connectivity index is 1.44. The number of carbonyl (C=O) groups excluding carboxylic acids is 3. The summed E-state index contributed by atoms with van der Waals surface area (Å²) in [5.41, 5.74) is 6.80. The molecular formula is C25H28N2O5S. The van der Waals surface area contributed by atoms with Crippen molar-refractivity contribution in [1.82, 2.24) is 4.90 Å². The molecule has 2 aliphatic heterocycles. The molecule has 2 N–H and O–H groups in total. The maximum Gasteiger partial charge on any atom is 0.330 e. The molecule has 2 aromatic rings. The lowest BCUT2D eigenvalue weighted by Gasteiger charge is -2.52. The van der Waals surface area contributed by atoms with Crippen LogP contribution in [0.25, 0.3) is 0 Å². The Bertz CT molecular complexity index is 1050. The van der Waals surface area contributed by atoms with Gasteiger partial charge in [-0.2, -0.15) is 0 Å². The van der Waals surface area contributed by atoms with Gasteiger partial charge in [0.2, 0.25) is 5.91 Å². The molecule has 33 heavy (non-hydrogen) atoms. The van der Waals surface area contributed by atoms with Gasteiger partial charge in [-0.15, -0.1) is 11.8 Å². The molecule has 2 heterocycles. The van der Waals surface area contributed by atoms with E-state index in [1.54, 1.807) is 6.92 Å². The molecular weight excluding hydrogens is 440 g/mol. The predicted octanol–water partition coefficient (Wildman–Crippen LogP) is 2.87. The van der Waals surface area contributed by atoms with Crippen molar-refractivity contribution in [2.24, 2.45) is 11.7 Å². The van der Waals surface area contributed by atoms with Crippen molar-refractivity contribution < 1.29 is 23.9 Å². The average molecular weight is 469 g/mol. The summed E-state index contributed by atoms with van der Waals surface area (Å²) in [5, 5.41) is -0.520. The van der Waals surface area contributed by atoms with Gasteiger partial charge in [-0.3, -0.25) is 9.59 Å². The fourth-order valence-corrected chi connectivity index (χ4v) is 6.09. The van der Waals surface area contributed by atoms with E-state index >= 15 is 0 Å². The average Bonchev–Trinajstić information content (AvgIpc) is 3.10. The number of hydrogen-bond acceptors (Lipinski definition) is 7. The Morgan fingerprint density at radius 3 is 2.06 bits per heavy atom. The van der Waals surface area contributed by atoms with E-state index in [4.69, 9.17) is 15.2 Å². The predicted molar refractivity (Wildman–Crippen MR) is 125 cm³/mol. The maximum atomic E-state index is 13.2. The first-order valence-electron chi connectivity index (χ1n) is 10.9. The normalized spacial score (nSPS) is 26.2. The number of nitrogens with zero attached hydrogens (tertiary/aromatic N) is 1. The Hall–Kier alpha value is -2.84. The lowest BCUT2D eigenvalue weighted by Crippen LogP contribution is -2.80. The molecule has 1 unspecified atom stereocenters. The molecule has 4 rings (SSSR count). The number of nitrogens with two attached hydrogens (primary N) is 1. The third-order valence-corrected chi connectivity index (χ3v) is 8.03. The fourth-order valence-electron chi connectivity index (χ4n) is 4.35. The number of esters is 2. The highest BCUT2D eigenvalue weighted by Gasteiger charge is 2.72. The first-order valence-corrected chi connectivity index (χ1v) is 11.7. The number of carbonyl (C=O) groups is 3. The van der Waals surface area contributed by atoms with Gasteiger partial charge in [0.05, 0.1) is 5.92 Å². The number of hydrogen-bond donors (Lipinski definition) is 1. The van der Waals surface area contributed by atoms with E-state index in [-0.39, 0.29) is 13.2 Å². The van der Waals surface area contributed by atoms with Gasteiger partial charge in [-0.05, 0) is 31.9 Å². The van der Waals surface area contributed by atoms with Crippen LogP contribution in [0.5, 0.6) is 0 Å². The SMILES string of the molecule is CC(C(=O)OCc1ccccc1)[C@@]1(N)C(=O)N2[C@@H](C(=O)OCc3ccccc3)C(C)(C)S[C@@H]21. The third kappa shape index (κ3) is 4.13. The second-order valence-electron chi connectivity index (χ2n) is 9.03. The minimum atomic E-state index is -1.44. The molecule has 0 aliphatic carbocycles. The van der Waals surface area contributed by atoms with E-state index in [2.05, 4.69) is 0 Å². The summed E-state index contributed by atoms with van der Waals surface area (Å²) < 4.78 is 10.3. The summed E-state index contributed by atoms with van der Waals surface area (Å²) in [5.74, 6) is -2.31. The fraction of sp³-hybridized carbons (Fsp3) is 0.400. The van der Waals surface area contributed by atoms with E-state index < -0.39 is 45.5 Å². The molecule has 8 heteroatoms. The second kappa shape index (κ2) is 8.83. The number of thioether (sulfide) groups is 1. The van der Waals surface area contributed by atoms with Gasteiger partial charge in [0.25, 0.3) is 0 Å². The van der Waals surface area contributed by atoms with Crippen molar-refractivity contribution in [3.8, 4) is 0 Å². The maximum absolute atomic E-state index is 13.2. The molecule has 2 fully saturated rings. The topological polar surface area (TPSA) is 98.9 Å². The highest BCUT2D eigenvalue weighted by molar-refractivity contribution is 8.01. The molecule has 2 aromatic carbocycles. The molecule has 0 aromatic heterocycles. The lowest BCUT2D eigenvalue weighted by molar-refractivity contribution is -0.176. The summed E-state index contributed by atoms with van der Waals surface area (Å²) in [4.78, 5) is 40.4. The van der Waals surface area contributed by atoms with Crippen LogP contribution in [-0.2, 0) is 37.1 Å². The standard InChI is InChI=1S/C25H28N2O5S/c1-16(20(28)31-14-17-10-6-4-7-11-17)25(26)22(30)27-19(24(2,3)33-23(25)27)21(29)32-15-18-12-8-5-9-13-18/h4-13,16,19,23H,14-15,26H2,1-3H3/t16?,19-,23+,25+/m0/s1. The molecule has 7 nitrogen and oxygen atoms in total. The molecule has 2 saturated heterocycles. The van der Waals surface area contributed by atoms with E-state index in [0.717, 1.165) is 11.1 Å². The van der Waals surface area contributed by atoms with Gasteiger partial charge >= 0.3 is 11.9 Å². The molecule has 174 valence electrons. The largest absolute Gasteiger partial charge is 0.461 e. The molecule has 1 amide bonds. The first-order chi connectivity index (χ1) is 15.7. The van der Waals surface area contributed by atoms with Crippen LogP contribution in [0.15, 0.2) is 60.7 Å². The van der Waals surface area contributed by atoms with Crippen LogP contribution in [0.2, 0.25) is 0 Å². The Morgan fingerprint density at radius 1 is 1.00 bits per heavy atom. The van der Waals surface area contributed by atoms with E-state index in [1.807, 2.05) is 74.5 Å². The Labute approximate surface area is 197 Å². The Morgan fingerprint density at radius 2 is 1.52 bits per heavy atom. The van der Waals surface area contributed by atoms with E-state index in [9.17, 15) is 14.4 Å². The van der Waals surface area contributed by atoms with Gasteiger partial charge < -0.3 is 20.1 Å². The van der Waals surface area contributed by atoms with Gasteiger partial charge in [0.15, 0.2) is 0 Å². The van der Waals surface area contributed by atoms with Crippen LogP contribution in [0.4, 0.5) is 0 Å². The molecule has 2 aliphatic rings. The van der Waals surface area contributed by atoms with Gasteiger partial charge in [-0.25, -0.2) is 4.79 Å². The number of β-lactam (4-membered cyclic amide) rings is 1. The van der Waals surface area contributed by atoms with Crippen LogP contribution in [-0.4, -0.2) is 44.4 Å². The summed E-state index contributed by atoms with van der Waals surface area (Å²) >= 11 is 1.42. The lowest BCUT2D eigenvalue weighted by atomic mass is 9.76. The monoisotopic (exact) mass is 468 g/mol. The number of rotatable bonds is 7. The quantitative estimate of drug-likeness (QED) is 0.493. The van der Waals surface area contributed by atoms with Gasteiger partial charge in [0, 0.05) is 4.75 Å². The van der Waals surface area contributed by atoms with Crippen molar-refractivity contribution in [3.05, 3.63) is 71.8 Å². The Kier molecular flexibility index (Phi) is 6.24. The molecule has 4 atom stereocenters. The highest BCUT2D eigenvalue weighted by atomic mass is 32.2. The van der Waals surface area contributed by atoms with Crippen molar-refractivity contribution in [3.63, 3.8) is 0 Å². The van der Waals surface area contributed by atoms with Gasteiger partial charge in [0.1, 0.15) is 30.2 Å². The summed E-state index contributed by atoms with van der Waals surface area (Å²) in [6.07, 6.45) is 0. The summed E-state index contributed by atoms with van der Waals surface area (Å²) in [6.45, 7) is 5.61. The first kappa shape index (κ1) is 23.3. The van der Waals surface area contributed by atoms with Crippen molar-refractivity contribution in [2.45, 2.75) is 55.7 Å². The van der Waals surface area contributed by atoms with Crippen LogP contribution in [0.1, 0.15) is 31.9 Å². The van der Waals surface area contributed by atoms with Crippen molar-refractivity contribution >= 4 is 29.6 Å². The van der Waals surface area contributed by atoms with Crippen molar-refractivity contribution in [2.75, 3.05) is 0 Å². The smallest absolute Gasteiger partial charge is 0.330 e. The highest BCUT2D eigenvalue weighted by Crippen LogP contribution is 2.56. The van der Waals surface area contributed by atoms with E-state index in [0.29, 0.717) is 0 Å². The zero-order chi connectivity index (χ0) is 23.8. The van der Waals surface area contributed by atoms with Crippen LogP contribution in [0, 0.1) is 5.92 Å². The number of benzene rings is 2. The zero-order valence-electron chi connectivity index (χ0n) is 18.9. The number of fused-ring (bicyclic) bond motifs is 1. The zero-order valence-corrected chi connectivity index (χ0v) is 19.7. The van der Waals surface area contributed by atoms with Crippen LogP contribution in [0.3, 0.4) is 0 Å². The van der Waals surface area contributed by atoms with Gasteiger partial charge in [-0.1, -0.05) is 60.7 Å². The van der Waals surface area contributed by atoms with Crippen LogP contribution >= 0.6 is 11.8 Å². The minimum absolute atomic E-state index is 0.107. The van der Waals surface area contributed by atoms with E-state index in [1.165, 1.54) is 16.7 Å². The minimum Gasteiger partial charge on any atom is -0.461 e. The second-order valence-corrected chi connectivity index (χ2v) is 10.8. The summed E-state index contributed by atoms with van der Waals surface area (Å²) in [7, 11) is 0. The summed E-state index contributed by atoms with van der Waals surface area (Å²) in [6, 6.07) is 17.9. The van der Waals surface area contributed by atoms with Crippen LogP contribution < -0.4 is 5.73 Å². The molecule has 0 radical (unpaired) electrons. The molecule has 0 bridgehead atoms. The molecule has 0 spiro atoms. The number of amides is 1.